The van der Waals surface area contributed by atoms with Crippen molar-refractivity contribution in [1.29, 1.82) is 0 Å². The average Bonchev–Trinajstić information content (AvgIpc) is 4.06. The van der Waals surface area contributed by atoms with E-state index in [4.69, 9.17) is 9.84 Å². The van der Waals surface area contributed by atoms with E-state index in [1.807, 2.05) is 6.07 Å². The van der Waals surface area contributed by atoms with Gasteiger partial charge in [-0.3, -0.25) is 29.7 Å². The van der Waals surface area contributed by atoms with E-state index in [1.54, 1.807) is 148 Å². The number of benzene rings is 6. The van der Waals surface area contributed by atoms with Gasteiger partial charge in [0.15, 0.2) is 17.3 Å². The maximum Gasteiger partial charge on any atom is 0.411 e. The van der Waals surface area contributed by atoms with Crippen molar-refractivity contribution in [2.75, 3.05) is 27.5 Å². The fraction of sp³-hybridized carbons (Fsp3) is 0.0816. The molecule has 11 rings (SSSR count). The summed E-state index contributed by atoms with van der Waals surface area (Å²) in [6, 6.07) is 35.5. The highest BCUT2D eigenvalue weighted by Crippen LogP contribution is 2.48. The second-order valence-electron chi connectivity index (χ2n) is 15.6. The molecule has 17 nitrogen and oxygen atoms in total. The first kappa shape index (κ1) is 42.0. The number of rotatable bonds is 8. The number of aliphatic hydroxyl groups is 2. The molecule has 2 unspecified atom stereocenters. The Balaban J connectivity index is 0.000000157. The number of carboxylic acid groups (broad SMARTS) is 1. The number of carbonyl (C=O) groups is 3. The highest BCUT2D eigenvalue weighted by atomic mass is 19.1. The molecule has 3 amide bonds. The largest absolute Gasteiger partial charge is 0.497 e. The Morgan fingerprint density at radius 3 is 1.94 bits per heavy atom. The van der Waals surface area contributed by atoms with Gasteiger partial charge in [0, 0.05) is 51.8 Å². The number of halogens is 1. The van der Waals surface area contributed by atoms with Gasteiger partial charge in [0.05, 0.1) is 46.7 Å². The van der Waals surface area contributed by atoms with Gasteiger partial charge in [-0.05, 0) is 67.1 Å². The summed E-state index contributed by atoms with van der Waals surface area (Å²) in [5.74, 6) is 0.180. The highest BCUT2D eigenvalue weighted by molar-refractivity contribution is 6.13. The molecule has 6 aromatic carbocycles. The standard InChI is InChI=1S/C26H20N6O3.C23H17FN4O4/c1-35-18-6-4-5-17(14-18)32-24(33)19-7-2-3-8-20(19)26(32,34)16-9-10-21-22(13-16)30-25(29-21)31-23-15-27-11-12-28-23;1-12-5-4-8-18(19(12)24)28-20(29)14-6-2-3-7-15(14)23(28,32)13-9-10-16-17(11-13)26-21(25-16)27-22(30)31/h2-15,34H,1H3,(H2,28,29,30,31);2-11,32H,1H3,(H,30,31)(H2,25,26,27). The van der Waals surface area contributed by atoms with Crippen LogP contribution in [0, 0.1) is 12.7 Å². The van der Waals surface area contributed by atoms with Crippen molar-refractivity contribution in [3.8, 4) is 5.75 Å². The predicted molar refractivity (Wildman–Crippen MR) is 246 cm³/mol. The summed E-state index contributed by atoms with van der Waals surface area (Å²) >= 11 is 0. The summed E-state index contributed by atoms with van der Waals surface area (Å²) < 4.78 is 20.5. The zero-order chi connectivity index (χ0) is 46.6. The molecule has 3 aromatic heterocycles. The summed E-state index contributed by atoms with van der Waals surface area (Å²) in [5, 5.41) is 38.4. The molecule has 7 N–H and O–H groups in total. The maximum atomic E-state index is 15.1. The quantitative estimate of drug-likeness (QED) is 0.0771. The van der Waals surface area contributed by atoms with Gasteiger partial charge >= 0.3 is 6.09 Å². The lowest BCUT2D eigenvalue weighted by Gasteiger charge is -2.35. The molecule has 2 aliphatic rings. The van der Waals surface area contributed by atoms with Crippen molar-refractivity contribution in [1.82, 2.24) is 29.9 Å². The van der Waals surface area contributed by atoms with E-state index < -0.39 is 29.3 Å². The summed E-state index contributed by atoms with van der Waals surface area (Å²) in [6.07, 6.45) is 3.49. The number of imidazole rings is 2. The van der Waals surface area contributed by atoms with E-state index in [2.05, 4.69) is 40.5 Å². The van der Waals surface area contributed by atoms with E-state index in [1.165, 1.54) is 11.0 Å². The molecule has 18 heteroatoms. The second-order valence-corrected chi connectivity index (χ2v) is 15.6. The van der Waals surface area contributed by atoms with Gasteiger partial charge in [-0.1, -0.05) is 66.7 Å². The number of nitrogens with zero attached hydrogens (tertiary/aromatic N) is 6. The average molecular weight is 897 g/mol. The van der Waals surface area contributed by atoms with Crippen molar-refractivity contribution in [3.63, 3.8) is 0 Å². The molecule has 0 spiro atoms. The summed E-state index contributed by atoms with van der Waals surface area (Å²) in [7, 11) is 1.56. The Hall–Kier alpha value is -9.00. The van der Waals surface area contributed by atoms with E-state index in [0.29, 0.717) is 73.1 Å². The van der Waals surface area contributed by atoms with Crippen LogP contribution in [-0.2, 0) is 11.4 Å². The normalized spacial score (nSPS) is 17.3. The fourth-order valence-corrected chi connectivity index (χ4v) is 8.59. The smallest absolute Gasteiger partial charge is 0.411 e. The number of hydrogen-bond donors (Lipinski definition) is 7. The summed E-state index contributed by atoms with van der Waals surface area (Å²) in [4.78, 5) is 63.2. The molecule has 9 aromatic rings. The number of carbonyl (C=O) groups excluding carboxylic acids is 2. The van der Waals surface area contributed by atoms with Crippen LogP contribution in [0.5, 0.6) is 5.75 Å². The first-order valence-corrected chi connectivity index (χ1v) is 20.6. The van der Waals surface area contributed by atoms with Crippen molar-refractivity contribution < 1.29 is 38.8 Å². The second kappa shape index (κ2) is 16.2. The van der Waals surface area contributed by atoms with Crippen molar-refractivity contribution >= 4 is 69.1 Å². The monoisotopic (exact) mass is 896 g/mol. The first-order valence-electron chi connectivity index (χ1n) is 20.6. The van der Waals surface area contributed by atoms with Crippen LogP contribution in [0.2, 0.25) is 0 Å². The number of aryl methyl sites for hydroxylation is 1. The van der Waals surface area contributed by atoms with Crippen LogP contribution >= 0.6 is 0 Å². The molecule has 0 fully saturated rings. The maximum absolute atomic E-state index is 15.1. The zero-order valence-electron chi connectivity index (χ0n) is 35.4. The minimum atomic E-state index is -2.00. The number of anilines is 5. The van der Waals surface area contributed by atoms with Gasteiger partial charge in [0.2, 0.25) is 11.9 Å². The SMILES string of the molecule is COc1cccc(N2C(=O)c3ccccc3C2(O)c2ccc3nc(Nc4cnccn4)[nH]c3c2)c1.Cc1cccc(N2C(=O)c3ccccc3C2(O)c2ccc3nc(NC(=O)O)[nH]c3c2)c1F. The third kappa shape index (κ3) is 7.00. The molecular formula is C49H37FN10O7. The Morgan fingerprint density at radius 2 is 1.31 bits per heavy atom. The molecule has 0 bridgehead atoms. The van der Waals surface area contributed by atoms with Crippen molar-refractivity contribution in [3.05, 3.63) is 191 Å². The fourth-order valence-electron chi connectivity index (χ4n) is 8.59. The van der Waals surface area contributed by atoms with E-state index in [9.17, 15) is 24.6 Å². The molecule has 67 heavy (non-hydrogen) atoms. The Labute approximate surface area is 379 Å². The van der Waals surface area contributed by atoms with E-state index in [-0.39, 0.29) is 28.7 Å². The number of aromatic nitrogens is 6. The molecule has 0 saturated heterocycles. The molecule has 0 radical (unpaired) electrons. The van der Waals surface area contributed by atoms with Crippen LogP contribution in [0.25, 0.3) is 22.1 Å². The number of amides is 3. The Bertz CT molecular complexity index is 3440. The lowest BCUT2D eigenvalue weighted by molar-refractivity contribution is 0.0691. The molecular weight excluding hydrogens is 860 g/mol. The van der Waals surface area contributed by atoms with Crippen LogP contribution in [0.15, 0.2) is 146 Å². The van der Waals surface area contributed by atoms with Crippen LogP contribution in [-0.4, -0.2) is 70.2 Å². The predicted octanol–water partition coefficient (Wildman–Crippen LogP) is 7.91. The minimum Gasteiger partial charge on any atom is -0.497 e. The van der Waals surface area contributed by atoms with Gasteiger partial charge in [-0.15, -0.1) is 0 Å². The molecule has 2 atom stereocenters. The molecule has 332 valence electrons. The molecule has 0 aliphatic carbocycles. The van der Waals surface area contributed by atoms with Gasteiger partial charge in [0.1, 0.15) is 11.6 Å². The summed E-state index contributed by atoms with van der Waals surface area (Å²) in [6.45, 7) is 1.58. The third-order valence-electron chi connectivity index (χ3n) is 11.6. The van der Waals surface area contributed by atoms with Crippen LogP contribution in [0.4, 0.5) is 38.3 Å². The topological polar surface area (TPSA) is 235 Å². The van der Waals surface area contributed by atoms with Crippen LogP contribution in [0.3, 0.4) is 0 Å². The van der Waals surface area contributed by atoms with E-state index >= 15 is 4.39 Å². The van der Waals surface area contributed by atoms with Gasteiger partial charge in [0.25, 0.3) is 11.8 Å². The Morgan fingerprint density at radius 1 is 0.716 bits per heavy atom. The van der Waals surface area contributed by atoms with Crippen molar-refractivity contribution in [2.45, 2.75) is 18.4 Å². The van der Waals surface area contributed by atoms with Gasteiger partial charge in [-0.25, -0.2) is 24.1 Å². The number of nitrogens with one attached hydrogen (secondary N) is 4. The minimum absolute atomic E-state index is 0.0149. The number of H-pyrrole nitrogens is 2. The number of hydrogen-bond acceptors (Lipinski definition) is 11. The highest BCUT2D eigenvalue weighted by Gasteiger charge is 2.52. The lowest BCUT2D eigenvalue weighted by Crippen LogP contribution is -2.45. The lowest BCUT2D eigenvalue weighted by atomic mass is 9.93. The molecule has 0 saturated carbocycles. The summed E-state index contributed by atoms with van der Waals surface area (Å²) in [5.41, 5.74) is 1.64. The van der Waals surface area contributed by atoms with Gasteiger partial charge < -0.3 is 35.3 Å². The third-order valence-corrected chi connectivity index (χ3v) is 11.6. The molecule has 2 aliphatic heterocycles. The number of aromatic amines is 2. The van der Waals surface area contributed by atoms with Crippen LogP contribution < -0.4 is 25.2 Å². The van der Waals surface area contributed by atoms with Crippen molar-refractivity contribution in [2.24, 2.45) is 0 Å². The Kier molecular flexibility index (Phi) is 10.2. The van der Waals surface area contributed by atoms with E-state index in [0.717, 1.165) is 4.90 Å². The first-order chi connectivity index (χ1) is 32.4. The van der Waals surface area contributed by atoms with Crippen LogP contribution in [0.1, 0.15) is 48.5 Å². The number of ether oxygens (including phenoxy) is 1. The number of fused-ring (bicyclic) bond motifs is 4. The zero-order valence-corrected chi connectivity index (χ0v) is 35.4. The number of methoxy groups -OCH3 is 1. The van der Waals surface area contributed by atoms with Gasteiger partial charge in [-0.2, -0.15) is 0 Å². The molecule has 5 heterocycles.